The van der Waals surface area contributed by atoms with E-state index in [2.05, 4.69) is 15.3 Å². The normalized spacial score (nSPS) is 16.0. The SMILES string of the molecule is [C-]#[N+]c1ccc(-c2nc(C(=O)N3CCC[C@@H](NC)C3)c(C)n2-c2ccc3nn(C)cc3c2)cc1F. The van der Waals surface area contributed by atoms with Gasteiger partial charge in [0.2, 0.25) is 5.69 Å². The first kappa shape index (κ1) is 22.7. The van der Waals surface area contributed by atoms with E-state index in [1.54, 1.807) is 10.7 Å². The Hall–Kier alpha value is -4.03. The van der Waals surface area contributed by atoms with Crippen molar-refractivity contribution in [2.75, 3.05) is 20.1 Å². The Morgan fingerprint density at radius 2 is 2.09 bits per heavy atom. The molecule has 1 aliphatic rings. The molecule has 2 aromatic carbocycles. The van der Waals surface area contributed by atoms with Crippen LogP contribution in [0.25, 0.3) is 32.8 Å². The molecule has 3 heterocycles. The molecule has 1 saturated heterocycles. The molecule has 1 fully saturated rings. The van der Waals surface area contributed by atoms with Crippen LogP contribution in [0.15, 0.2) is 42.6 Å². The Morgan fingerprint density at radius 1 is 1.26 bits per heavy atom. The van der Waals surface area contributed by atoms with E-state index in [-0.39, 0.29) is 17.6 Å². The van der Waals surface area contributed by atoms with Gasteiger partial charge in [0.25, 0.3) is 5.91 Å². The number of likely N-dealkylation sites (N-methyl/N-ethyl adjacent to an activating group) is 1. The van der Waals surface area contributed by atoms with Gasteiger partial charge in [-0.15, -0.1) is 0 Å². The number of carbonyl (C=O) groups is 1. The Bertz CT molecular complexity index is 1480. The zero-order valence-electron chi connectivity index (χ0n) is 19.9. The summed E-state index contributed by atoms with van der Waals surface area (Å²) in [4.78, 5) is 23.4. The Labute approximate surface area is 202 Å². The molecule has 1 atom stereocenters. The monoisotopic (exact) mass is 471 g/mol. The molecular weight excluding hydrogens is 445 g/mol. The van der Waals surface area contributed by atoms with Gasteiger partial charge in [-0.25, -0.2) is 14.2 Å². The van der Waals surface area contributed by atoms with Gasteiger partial charge in [0.05, 0.1) is 17.8 Å². The maximum atomic E-state index is 14.6. The van der Waals surface area contributed by atoms with Crippen molar-refractivity contribution in [2.24, 2.45) is 7.05 Å². The van der Waals surface area contributed by atoms with Crippen LogP contribution in [0.1, 0.15) is 29.0 Å². The largest absolute Gasteiger partial charge is 0.336 e. The third kappa shape index (κ3) is 4.06. The Kier molecular flexibility index (Phi) is 5.83. The molecule has 1 aliphatic heterocycles. The summed E-state index contributed by atoms with van der Waals surface area (Å²) in [6, 6.07) is 10.5. The number of hydrogen-bond donors (Lipinski definition) is 1. The van der Waals surface area contributed by atoms with Crippen molar-refractivity contribution >= 4 is 22.5 Å². The molecule has 2 aromatic heterocycles. The fourth-order valence-corrected chi connectivity index (χ4v) is 4.77. The predicted molar refractivity (Wildman–Crippen MR) is 132 cm³/mol. The molecule has 0 bridgehead atoms. The number of hydrogen-bond acceptors (Lipinski definition) is 4. The number of rotatable bonds is 4. The summed E-state index contributed by atoms with van der Waals surface area (Å²) in [6.07, 6.45) is 3.87. The number of carbonyl (C=O) groups excluding carboxylic acids is 1. The van der Waals surface area contributed by atoms with Gasteiger partial charge in [-0.1, -0.05) is 12.1 Å². The first-order chi connectivity index (χ1) is 16.9. The van der Waals surface area contributed by atoms with Gasteiger partial charge >= 0.3 is 0 Å². The first-order valence-electron chi connectivity index (χ1n) is 11.6. The molecule has 0 unspecified atom stereocenters. The topological polar surface area (TPSA) is 72.3 Å². The number of amides is 1. The van der Waals surface area contributed by atoms with Crippen LogP contribution in [0, 0.1) is 19.3 Å². The highest BCUT2D eigenvalue weighted by atomic mass is 19.1. The second-order valence-corrected chi connectivity index (χ2v) is 8.91. The van der Waals surface area contributed by atoms with Gasteiger partial charge in [0, 0.05) is 49.0 Å². The van der Waals surface area contributed by atoms with Crippen LogP contribution >= 0.6 is 0 Å². The minimum Gasteiger partial charge on any atom is -0.336 e. The lowest BCUT2D eigenvalue weighted by Crippen LogP contribution is -2.47. The molecule has 1 N–H and O–H groups in total. The van der Waals surface area contributed by atoms with Crippen LogP contribution in [0.5, 0.6) is 0 Å². The van der Waals surface area contributed by atoms with Crippen molar-refractivity contribution in [1.82, 2.24) is 29.5 Å². The van der Waals surface area contributed by atoms with Crippen molar-refractivity contribution in [3.05, 3.63) is 71.2 Å². The summed E-state index contributed by atoms with van der Waals surface area (Å²) in [5.74, 6) is -0.303. The molecule has 0 saturated carbocycles. The highest BCUT2D eigenvalue weighted by molar-refractivity contribution is 5.95. The highest BCUT2D eigenvalue weighted by Crippen LogP contribution is 2.31. The standard InChI is InChI=1S/C26H26FN7O/c1-16-24(26(35)33-11-5-6-19(15-33)28-2)30-25(17-7-9-23(29-3)21(27)13-17)34(16)20-8-10-22-18(12-20)14-32(4)31-22/h7-10,12-14,19,28H,5-6,11,15H2,1-2,4H3/t19-/m1/s1. The molecule has 8 nitrogen and oxygen atoms in total. The molecule has 4 aromatic rings. The van der Waals surface area contributed by atoms with Crippen LogP contribution in [0.2, 0.25) is 0 Å². The van der Waals surface area contributed by atoms with E-state index >= 15 is 0 Å². The number of benzene rings is 2. The highest BCUT2D eigenvalue weighted by Gasteiger charge is 2.29. The lowest BCUT2D eigenvalue weighted by molar-refractivity contribution is 0.0692. The number of aromatic nitrogens is 4. The number of piperidine rings is 1. The van der Waals surface area contributed by atoms with Crippen LogP contribution in [0.3, 0.4) is 0 Å². The van der Waals surface area contributed by atoms with Crippen molar-refractivity contribution in [3.8, 4) is 17.1 Å². The van der Waals surface area contributed by atoms with Crippen LogP contribution in [-0.2, 0) is 7.05 Å². The van der Waals surface area contributed by atoms with E-state index in [4.69, 9.17) is 11.6 Å². The quantitative estimate of drug-likeness (QED) is 0.452. The molecule has 9 heteroatoms. The summed E-state index contributed by atoms with van der Waals surface area (Å²) in [5, 5.41) is 8.65. The minimum atomic E-state index is -0.617. The van der Waals surface area contributed by atoms with Gasteiger partial charge in [0.15, 0.2) is 0 Å². The fourth-order valence-electron chi connectivity index (χ4n) is 4.77. The zero-order chi connectivity index (χ0) is 24.7. The average Bonchev–Trinajstić information content (AvgIpc) is 3.41. The molecule has 0 radical (unpaired) electrons. The van der Waals surface area contributed by atoms with E-state index < -0.39 is 5.82 Å². The van der Waals surface area contributed by atoms with Gasteiger partial charge in [-0.3, -0.25) is 14.0 Å². The van der Waals surface area contributed by atoms with E-state index in [1.165, 1.54) is 12.1 Å². The van der Waals surface area contributed by atoms with Crippen LogP contribution in [0.4, 0.5) is 10.1 Å². The molecule has 35 heavy (non-hydrogen) atoms. The lowest BCUT2D eigenvalue weighted by atomic mass is 10.1. The van der Waals surface area contributed by atoms with E-state index in [0.29, 0.717) is 35.9 Å². The number of fused-ring (bicyclic) bond motifs is 1. The number of imidazole rings is 1. The first-order valence-corrected chi connectivity index (χ1v) is 11.6. The fraction of sp³-hybridized carbons (Fsp3) is 0.308. The summed E-state index contributed by atoms with van der Waals surface area (Å²) in [5.41, 5.74) is 3.11. The third-order valence-electron chi connectivity index (χ3n) is 6.61. The Morgan fingerprint density at radius 3 is 2.83 bits per heavy atom. The zero-order valence-corrected chi connectivity index (χ0v) is 19.9. The van der Waals surface area contributed by atoms with Crippen molar-refractivity contribution in [1.29, 1.82) is 0 Å². The molecule has 1 amide bonds. The van der Waals surface area contributed by atoms with Crippen molar-refractivity contribution in [2.45, 2.75) is 25.8 Å². The Balaban J connectivity index is 1.66. The maximum Gasteiger partial charge on any atom is 0.274 e. The van der Waals surface area contributed by atoms with E-state index in [9.17, 15) is 9.18 Å². The van der Waals surface area contributed by atoms with Gasteiger partial charge in [0.1, 0.15) is 17.3 Å². The third-order valence-corrected chi connectivity index (χ3v) is 6.61. The minimum absolute atomic E-state index is 0.0527. The number of nitrogens with zero attached hydrogens (tertiary/aromatic N) is 6. The lowest BCUT2D eigenvalue weighted by Gasteiger charge is -2.32. The predicted octanol–water partition coefficient (Wildman–Crippen LogP) is 4.25. The van der Waals surface area contributed by atoms with Crippen molar-refractivity contribution < 1.29 is 9.18 Å². The maximum absolute atomic E-state index is 14.6. The molecule has 5 rings (SSSR count). The van der Waals surface area contributed by atoms with E-state index in [0.717, 1.165) is 29.4 Å². The van der Waals surface area contributed by atoms with Crippen molar-refractivity contribution in [3.63, 3.8) is 0 Å². The summed E-state index contributed by atoms with van der Waals surface area (Å²) in [7, 11) is 3.77. The average molecular weight is 472 g/mol. The molecule has 178 valence electrons. The van der Waals surface area contributed by atoms with E-state index in [1.807, 2.05) is 54.9 Å². The summed E-state index contributed by atoms with van der Waals surface area (Å²) < 4.78 is 18.2. The van der Waals surface area contributed by atoms with Crippen LogP contribution < -0.4 is 5.32 Å². The molecule has 0 aliphatic carbocycles. The van der Waals surface area contributed by atoms with Gasteiger partial charge in [-0.2, -0.15) is 5.10 Å². The number of aryl methyl sites for hydroxylation is 1. The number of likely N-dealkylation sites (tertiary alicyclic amines) is 1. The molecule has 0 spiro atoms. The smallest absolute Gasteiger partial charge is 0.274 e. The van der Waals surface area contributed by atoms with Gasteiger partial charge in [-0.05, 0) is 51.1 Å². The second kappa shape index (κ2) is 8.96. The van der Waals surface area contributed by atoms with Crippen LogP contribution in [-0.4, -0.2) is 56.3 Å². The summed E-state index contributed by atoms with van der Waals surface area (Å²) in [6.45, 7) is 10.3. The summed E-state index contributed by atoms with van der Waals surface area (Å²) >= 11 is 0. The number of halogens is 1. The molecular formula is C26H26FN7O. The second-order valence-electron chi connectivity index (χ2n) is 8.91. The van der Waals surface area contributed by atoms with Gasteiger partial charge < -0.3 is 10.2 Å². The number of nitrogens with one attached hydrogen (secondary N) is 1.